The lowest BCUT2D eigenvalue weighted by molar-refractivity contribution is 0.187. The predicted octanol–water partition coefficient (Wildman–Crippen LogP) is 2.72. The molecule has 1 unspecified atom stereocenters. The molecule has 2 rings (SSSR count). The molecule has 5 nitrogen and oxygen atoms in total. The first kappa shape index (κ1) is 23.0. The summed E-state index contributed by atoms with van der Waals surface area (Å²) in [4.78, 5) is 12.1. The SMILES string of the molecule is CCN1CCC(CCNC(=NC)N2CCC(N(CC)CC)C2)CC1.I. The maximum absolute atomic E-state index is 4.53. The summed E-state index contributed by atoms with van der Waals surface area (Å²) in [6, 6.07) is 0.692. The zero-order valence-corrected chi connectivity index (χ0v) is 19.2. The average molecular weight is 465 g/mol. The van der Waals surface area contributed by atoms with E-state index in [1.54, 1.807) is 0 Å². The maximum Gasteiger partial charge on any atom is 0.193 e. The lowest BCUT2D eigenvalue weighted by Crippen LogP contribution is -2.44. The molecule has 0 saturated carbocycles. The maximum atomic E-state index is 4.53. The molecule has 2 aliphatic heterocycles. The lowest BCUT2D eigenvalue weighted by atomic mass is 9.93. The van der Waals surface area contributed by atoms with E-state index >= 15 is 0 Å². The van der Waals surface area contributed by atoms with Gasteiger partial charge in [0.05, 0.1) is 0 Å². The summed E-state index contributed by atoms with van der Waals surface area (Å²) >= 11 is 0. The van der Waals surface area contributed by atoms with Gasteiger partial charge in [0.2, 0.25) is 0 Å². The van der Waals surface area contributed by atoms with Crippen molar-refractivity contribution in [1.82, 2.24) is 20.0 Å². The summed E-state index contributed by atoms with van der Waals surface area (Å²) in [5, 5.41) is 3.62. The van der Waals surface area contributed by atoms with Crippen molar-refractivity contribution in [2.24, 2.45) is 10.9 Å². The standard InChI is InChI=1S/C19H39N5.HI/c1-5-22-13-9-17(10-14-22)8-12-21-19(20-4)24-15-11-18(16-24)23(6-2)7-3;/h17-18H,5-16H2,1-4H3,(H,20,21);1H. The van der Waals surface area contributed by atoms with Crippen molar-refractivity contribution in [2.45, 2.75) is 52.5 Å². The number of likely N-dealkylation sites (tertiary alicyclic amines) is 2. The molecule has 1 atom stereocenters. The van der Waals surface area contributed by atoms with Crippen molar-refractivity contribution in [1.29, 1.82) is 0 Å². The van der Waals surface area contributed by atoms with Crippen LogP contribution in [0.25, 0.3) is 0 Å². The van der Waals surface area contributed by atoms with Crippen molar-refractivity contribution in [3.63, 3.8) is 0 Å². The van der Waals surface area contributed by atoms with E-state index < -0.39 is 0 Å². The summed E-state index contributed by atoms with van der Waals surface area (Å²) in [5.41, 5.74) is 0. The quantitative estimate of drug-likeness (QED) is 0.356. The summed E-state index contributed by atoms with van der Waals surface area (Å²) in [6.07, 6.45) is 5.27. The Hall–Kier alpha value is -0.0800. The monoisotopic (exact) mass is 465 g/mol. The summed E-state index contributed by atoms with van der Waals surface area (Å²) in [5.74, 6) is 2.00. The fraction of sp³-hybridized carbons (Fsp3) is 0.947. The molecule has 2 heterocycles. The van der Waals surface area contributed by atoms with Crippen molar-refractivity contribution in [3.8, 4) is 0 Å². The highest BCUT2D eigenvalue weighted by molar-refractivity contribution is 14.0. The Morgan fingerprint density at radius 3 is 2.32 bits per heavy atom. The number of nitrogens with zero attached hydrogens (tertiary/aromatic N) is 4. The molecule has 0 aromatic heterocycles. The highest BCUT2D eigenvalue weighted by Crippen LogP contribution is 2.20. The topological polar surface area (TPSA) is 34.1 Å². The third-order valence-electron chi connectivity index (χ3n) is 5.99. The molecule has 2 fully saturated rings. The molecule has 2 saturated heterocycles. The molecule has 25 heavy (non-hydrogen) atoms. The van der Waals surface area contributed by atoms with Crippen LogP contribution in [0.4, 0.5) is 0 Å². The van der Waals surface area contributed by atoms with Gasteiger partial charge in [-0.3, -0.25) is 9.89 Å². The van der Waals surface area contributed by atoms with E-state index in [0.717, 1.165) is 44.6 Å². The Kier molecular flexibility index (Phi) is 11.3. The van der Waals surface area contributed by atoms with Crippen molar-refractivity contribution in [3.05, 3.63) is 0 Å². The van der Waals surface area contributed by atoms with Crippen LogP contribution in [0.2, 0.25) is 0 Å². The van der Waals surface area contributed by atoms with E-state index in [1.165, 1.54) is 45.3 Å². The van der Waals surface area contributed by atoms with Gasteiger partial charge in [0.1, 0.15) is 0 Å². The smallest absolute Gasteiger partial charge is 0.193 e. The average Bonchev–Trinajstić information content (AvgIpc) is 3.10. The minimum Gasteiger partial charge on any atom is -0.356 e. The molecule has 0 amide bonds. The number of halogens is 1. The van der Waals surface area contributed by atoms with Crippen LogP contribution < -0.4 is 5.32 Å². The van der Waals surface area contributed by atoms with Gasteiger partial charge < -0.3 is 15.1 Å². The fourth-order valence-electron chi connectivity index (χ4n) is 4.28. The number of hydrogen-bond acceptors (Lipinski definition) is 3. The molecule has 1 N–H and O–H groups in total. The van der Waals surface area contributed by atoms with E-state index in [4.69, 9.17) is 0 Å². The largest absolute Gasteiger partial charge is 0.356 e. The van der Waals surface area contributed by atoms with Crippen LogP contribution in [0.15, 0.2) is 4.99 Å². The Morgan fingerprint density at radius 2 is 1.76 bits per heavy atom. The van der Waals surface area contributed by atoms with E-state index in [-0.39, 0.29) is 24.0 Å². The zero-order valence-electron chi connectivity index (χ0n) is 16.8. The van der Waals surface area contributed by atoms with Gasteiger partial charge in [0.25, 0.3) is 0 Å². The highest BCUT2D eigenvalue weighted by Gasteiger charge is 2.28. The highest BCUT2D eigenvalue weighted by atomic mass is 127. The minimum atomic E-state index is 0. The number of likely N-dealkylation sites (N-methyl/N-ethyl adjacent to an activating group) is 1. The second kappa shape index (κ2) is 12.3. The van der Waals surface area contributed by atoms with Crippen LogP contribution in [0.3, 0.4) is 0 Å². The van der Waals surface area contributed by atoms with Gasteiger partial charge >= 0.3 is 0 Å². The van der Waals surface area contributed by atoms with Gasteiger partial charge in [-0.25, -0.2) is 0 Å². The molecular weight excluding hydrogens is 425 g/mol. The summed E-state index contributed by atoms with van der Waals surface area (Å²) in [6.45, 7) is 16.2. The van der Waals surface area contributed by atoms with Crippen molar-refractivity contribution < 1.29 is 0 Å². The van der Waals surface area contributed by atoms with Crippen LogP contribution in [0.5, 0.6) is 0 Å². The molecule has 0 aliphatic carbocycles. The van der Waals surface area contributed by atoms with Gasteiger partial charge in [-0.15, -0.1) is 24.0 Å². The van der Waals surface area contributed by atoms with Crippen molar-refractivity contribution >= 4 is 29.9 Å². The van der Waals surface area contributed by atoms with Gasteiger partial charge in [0.15, 0.2) is 5.96 Å². The van der Waals surface area contributed by atoms with Gasteiger partial charge in [-0.2, -0.15) is 0 Å². The third kappa shape index (κ3) is 6.86. The summed E-state index contributed by atoms with van der Waals surface area (Å²) < 4.78 is 0. The van der Waals surface area contributed by atoms with Crippen LogP contribution in [-0.2, 0) is 0 Å². The summed E-state index contributed by atoms with van der Waals surface area (Å²) in [7, 11) is 1.92. The van der Waals surface area contributed by atoms with Crippen LogP contribution in [0, 0.1) is 5.92 Å². The van der Waals surface area contributed by atoms with Crippen LogP contribution in [0.1, 0.15) is 46.5 Å². The van der Waals surface area contributed by atoms with Gasteiger partial charge in [0, 0.05) is 32.7 Å². The molecule has 0 aromatic rings. The zero-order chi connectivity index (χ0) is 17.4. The first-order valence-corrected chi connectivity index (χ1v) is 10.1. The molecule has 0 spiro atoms. The molecule has 0 radical (unpaired) electrons. The Morgan fingerprint density at radius 1 is 1.08 bits per heavy atom. The third-order valence-corrected chi connectivity index (χ3v) is 5.99. The lowest BCUT2D eigenvalue weighted by Gasteiger charge is -2.31. The fourth-order valence-corrected chi connectivity index (χ4v) is 4.28. The number of rotatable bonds is 7. The Labute approximate surface area is 172 Å². The number of piperidine rings is 1. The van der Waals surface area contributed by atoms with Crippen molar-refractivity contribution in [2.75, 3.05) is 59.4 Å². The first-order chi connectivity index (χ1) is 11.7. The van der Waals surface area contributed by atoms with Gasteiger partial charge in [-0.05, 0) is 64.3 Å². The van der Waals surface area contributed by atoms with Crippen LogP contribution >= 0.6 is 24.0 Å². The molecule has 2 aliphatic rings. The molecule has 6 heteroatoms. The number of aliphatic imine (C=N–C) groups is 1. The Bertz CT molecular complexity index is 378. The van der Waals surface area contributed by atoms with E-state index in [2.05, 4.69) is 45.8 Å². The Balaban J connectivity index is 0.00000312. The predicted molar refractivity (Wildman–Crippen MR) is 119 cm³/mol. The normalized spacial score (nSPS) is 23.2. The van der Waals surface area contributed by atoms with E-state index in [0.29, 0.717) is 6.04 Å². The number of hydrogen-bond donors (Lipinski definition) is 1. The van der Waals surface area contributed by atoms with E-state index in [1.807, 2.05) is 7.05 Å². The number of guanidine groups is 1. The minimum absolute atomic E-state index is 0. The van der Waals surface area contributed by atoms with Crippen LogP contribution in [-0.4, -0.2) is 86.1 Å². The van der Waals surface area contributed by atoms with E-state index in [9.17, 15) is 0 Å². The molecule has 148 valence electrons. The number of nitrogens with one attached hydrogen (secondary N) is 1. The molecule has 0 aromatic carbocycles. The molecular formula is C19H40IN5. The first-order valence-electron chi connectivity index (χ1n) is 10.1. The second-order valence-corrected chi connectivity index (χ2v) is 7.25. The molecule has 0 bridgehead atoms. The second-order valence-electron chi connectivity index (χ2n) is 7.25. The van der Waals surface area contributed by atoms with Gasteiger partial charge in [-0.1, -0.05) is 20.8 Å².